The van der Waals surface area contributed by atoms with Crippen LogP contribution in [0.4, 0.5) is 10.5 Å². The third-order valence-electron chi connectivity index (χ3n) is 7.09. The highest BCUT2D eigenvalue weighted by molar-refractivity contribution is 5.80. The van der Waals surface area contributed by atoms with Crippen molar-refractivity contribution in [2.24, 2.45) is 0 Å². The van der Waals surface area contributed by atoms with Gasteiger partial charge in [0.25, 0.3) is 0 Å². The minimum Gasteiger partial charge on any atom is -0.441 e. The number of ether oxygens (including phenoxy) is 1. The number of nitrogens with one attached hydrogen (secondary N) is 1. The predicted octanol–water partition coefficient (Wildman–Crippen LogP) is 2.08. The third kappa shape index (κ3) is 5.12. The van der Waals surface area contributed by atoms with Gasteiger partial charge in [-0.25, -0.2) is 9.31 Å². The highest BCUT2D eigenvalue weighted by Gasteiger charge is 2.25. The van der Waals surface area contributed by atoms with Gasteiger partial charge in [0, 0.05) is 44.1 Å². The van der Waals surface area contributed by atoms with E-state index >= 15 is 0 Å². The molecule has 4 heterocycles. The smallest absolute Gasteiger partial charge is 0.410 e. The molecule has 0 bridgehead atoms. The topological polar surface area (TPSA) is 103 Å². The standard InChI is InChI=1S/C26H33N5O4/c32-17-23(18-33)35-26(34)30-13-11-29(12-14-30)24-7-10-28-31-16-22(15-25(24)31)20-3-1-19(2-4-20)21-5-8-27-9-6-21/h1-4,7,10,15-16,21,23,27,32-33H,5-6,8-9,11-14,17-18H2. The monoisotopic (exact) mass is 479 g/mol. The Bertz CT molecular complexity index is 1130. The van der Waals surface area contributed by atoms with Crippen LogP contribution in [0, 0.1) is 0 Å². The largest absolute Gasteiger partial charge is 0.441 e. The highest BCUT2D eigenvalue weighted by atomic mass is 16.6. The third-order valence-corrected chi connectivity index (χ3v) is 7.09. The number of aromatic nitrogens is 2. The molecule has 1 aromatic carbocycles. The number of piperazine rings is 1. The highest BCUT2D eigenvalue weighted by Crippen LogP contribution is 2.31. The Labute approximate surface area is 204 Å². The Kier molecular flexibility index (Phi) is 7.17. The van der Waals surface area contributed by atoms with Crippen molar-refractivity contribution >= 4 is 17.3 Å². The quantitative estimate of drug-likeness (QED) is 0.498. The lowest BCUT2D eigenvalue weighted by Crippen LogP contribution is -2.50. The maximum atomic E-state index is 12.3. The number of anilines is 1. The van der Waals surface area contributed by atoms with Gasteiger partial charge < -0.3 is 30.1 Å². The van der Waals surface area contributed by atoms with Crippen molar-refractivity contribution in [2.45, 2.75) is 24.9 Å². The molecule has 35 heavy (non-hydrogen) atoms. The minimum atomic E-state index is -0.881. The molecule has 9 nitrogen and oxygen atoms in total. The number of nitrogens with zero attached hydrogens (tertiary/aromatic N) is 4. The van der Waals surface area contributed by atoms with E-state index in [4.69, 9.17) is 14.9 Å². The number of hydrogen-bond donors (Lipinski definition) is 3. The summed E-state index contributed by atoms with van der Waals surface area (Å²) >= 11 is 0. The molecule has 0 spiro atoms. The average molecular weight is 480 g/mol. The zero-order valence-electron chi connectivity index (χ0n) is 19.8. The zero-order chi connectivity index (χ0) is 24.2. The molecule has 3 N–H and O–H groups in total. The van der Waals surface area contributed by atoms with Crippen LogP contribution in [-0.4, -0.2) is 89.4 Å². The molecule has 2 aliphatic heterocycles. The molecule has 3 aromatic rings. The first kappa shape index (κ1) is 23.6. The predicted molar refractivity (Wildman–Crippen MR) is 134 cm³/mol. The molecule has 2 fully saturated rings. The Morgan fingerprint density at radius 2 is 1.74 bits per heavy atom. The number of benzene rings is 1. The van der Waals surface area contributed by atoms with Crippen molar-refractivity contribution in [3.8, 4) is 11.1 Å². The number of aliphatic hydroxyl groups is 2. The molecule has 2 aromatic heterocycles. The van der Waals surface area contributed by atoms with Gasteiger partial charge >= 0.3 is 6.09 Å². The van der Waals surface area contributed by atoms with Gasteiger partial charge in [-0.3, -0.25) is 0 Å². The fourth-order valence-corrected chi connectivity index (χ4v) is 5.01. The van der Waals surface area contributed by atoms with Crippen molar-refractivity contribution in [2.75, 3.05) is 57.4 Å². The van der Waals surface area contributed by atoms with Crippen LogP contribution in [0.25, 0.3) is 16.6 Å². The summed E-state index contributed by atoms with van der Waals surface area (Å²) in [5.41, 5.74) is 5.83. The van der Waals surface area contributed by atoms with Crippen LogP contribution in [0.15, 0.2) is 48.8 Å². The molecule has 0 atom stereocenters. The number of piperidine rings is 1. The van der Waals surface area contributed by atoms with E-state index in [1.807, 2.05) is 10.6 Å². The van der Waals surface area contributed by atoms with Gasteiger partial charge in [-0.05, 0) is 55.1 Å². The van der Waals surface area contributed by atoms with E-state index in [0.717, 1.165) is 29.9 Å². The summed E-state index contributed by atoms with van der Waals surface area (Å²) in [4.78, 5) is 16.2. The lowest BCUT2D eigenvalue weighted by atomic mass is 9.89. The molecule has 5 rings (SSSR count). The van der Waals surface area contributed by atoms with Crippen LogP contribution < -0.4 is 10.2 Å². The van der Waals surface area contributed by atoms with E-state index in [9.17, 15) is 4.79 Å². The second-order valence-corrected chi connectivity index (χ2v) is 9.27. The first-order valence-corrected chi connectivity index (χ1v) is 12.4. The molecule has 0 unspecified atom stereocenters. The second kappa shape index (κ2) is 10.6. The number of carbonyl (C=O) groups is 1. The van der Waals surface area contributed by atoms with Crippen molar-refractivity contribution < 1.29 is 19.7 Å². The minimum absolute atomic E-state index is 0.394. The molecule has 9 heteroatoms. The van der Waals surface area contributed by atoms with Gasteiger partial charge in [0.2, 0.25) is 0 Å². The molecular formula is C26H33N5O4. The summed E-state index contributed by atoms with van der Waals surface area (Å²) < 4.78 is 7.07. The van der Waals surface area contributed by atoms with Crippen molar-refractivity contribution in [1.82, 2.24) is 19.8 Å². The molecule has 0 aliphatic carbocycles. The maximum Gasteiger partial charge on any atom is 0.410 e. The summed E-state index contributed by atoms with van der Waals surface area (Å²) in [7, 11) is 0. The lowest BCUT2D eigenvalue weighted by Gasteiger charge is -2.36. The van der Waals surface area contributed by atoms with E-state index < -0.39 is 25.4 Å². The maximum absolute atomic E-state index is 12.3. The summed E-state index contributed by atoms with van der Waals surface area (Å²) in [6, 6.07) is 13.1. The van der Waals surface area contributed by atoms with Crippen molar-refractivity contribution in [3.63, 3.8) is 0 Å². The van der Waals surface area contributed by atoms with Gasteiger partial charge in [-0.2, -0.15) is 5.10 Å². The molecule has 186 valence electrons. The van der Waals surface area contributed by atoms with Gasteiger partial charge in [-0.15, -0.1) is 0 Å². The SMILES string of the molecule is O=C(OC(CO)CO)N1CCN(c2ccnn3cc(-c4ccc(C5CCNCC5)cc4)cc23)CC1. The van der Waals surface area contributed by atoms with E-state index in [1.165, 1.54) is 24.0 Å². The molecule has 0 radical (unpaired) electrons. The normalized spacial score (nSPS) is 17.3. The van der Waals surface area contributed by atoms with E-state index in [0.29, 0.717) is 32.1 Å². The van der Waals surface area contributed by atoms with Crippen molar-refractivity contribution in [1.29, 1.82) is 0 Å². The number of carbonyl (C=O) groups excluding carboxylic acids is 1. The number of aliphatic hydroxyl groups excluding tert-OH is 2. The van der Waals surface area contributed by atoms with Crippen LogP contribution in [0.1, 0.15) is 24.3 Å². The van der Waals surface area contributed by atoms with Gasteiger partial charge in [0.1, 0.15) is 6.10 Å². The average Bonchev–Trinajstić information content (AvgIpc) is 3.37. The Hall–Kier alpha value is -3.14. The van der Waals surface area contributed by atoms with Crippen LogP contribution in [-0.2, 0) is 4.74 Å². The lowest BCUT2D eigenvalue weighted by molar-refractivity contribution is 0.00416. The Morgan fingerprint density at radius 3 is 2.43 bits per heavy atom. The Balaban J connectivity index is 1.28. The number of hydrogen-bond acceptors (Lipinski definition) is 7. The fraction of sp³-hybridized carbons (Fsp3) is 0.462. The summed E-state index contributed by atoms with van der Waals surface area (Å²) in [6.07, 6.45) is 4.87. The number of rotatable bonds is 6. The van der Waals surface area contributed by atoms with Gasteiger partial charge in [-0.1, -0.05) is 24.3 Å². The summed E-state index contributed by atoms with van der Waals surface area (Å²) in [5, 5.41) is 26.2. The molecule has 0 saturated carbocycles. The van der Waals surface area contributed by atoms with E-state index in [2.05, 4.69) is 51.8 Å². The second-order valence-electron chi connectivity index (χ2n) is 9.27. The molecular weight excluding hydrogens is 446 g/mol. The fourth-order valence-electron chi connectivity index (χ4n) is 5.01. The summed E-state index contributed by atoms with van der Waals surface area (Å²) in [5.74, 6) is 0.640. The first-order chi connectivity index (χ1) is 17.2. The van der Waals surface area contributed by atoms with Crippen LogP contribution in [0.5, 0.6) is 0 Å². The molecule has 2 saturated heterocycles. The van der Waals surface area contributed by atoms with Gasteiger partial charge in [0.15, 0.2) is 0 Å². The van der Waals surface area contributed by atoms with E-state index in [-0.39, 0.29) is 0 Å². The zero-order valence-corrected chi connectivity index (χ0v) is 19.8. The summed E-state index contributed by atoms with van der Waals surface area (Å²) in [6.45, 7) is 3.71. The first-order valence-electron chi connectivity index (χ1n) is 12.4. The molecule has 2 aliphatic rings. The van der Waals surface area contributed by atoms with Crippen LogP contribution >= 0.6 is 0 Å². The van der Waals surface area contributed by atoms with Gasteiger partial charge in [0.05, 0.1) is 24.4 Å². The van der Waals surface area contributed by atoms with Crippen molar-refractivity contribution in [3.05, 3.63) is 54.4 Å². The van der Waals surface area contributed by atoms with Crippen LogP contribution in [0.2, 0.25) is 0 Å². The van der Waals surface area contributed by atoms with Crippen LogP contribution in [0.3, 0.4) is 0 Å². The number of fused-ring (bicyclic) bond motifs is 1. The molecule has 1 amide bonds. The van der Waals surface area contributed by atoms with E-state index in [1.54, 1.807) is 11.1 Å². The Morgan fingerprint density at radius 1 is 1.03 bits per heavy atom. The number of amides is 1.